The number of ether oxygens (including phenoxy) is 2. The summed E-state index contributed by atoms with van der Waals surface area (Å²) in [6.45, 7) is 5.67. The number of hydrogen-bond donors (Lipinski definition) is 2. The Morgan fingerprint density at radius 3 is 2.81 bits per heavy atom. The van der Waals surface area contributed by atoms with Gasteiger partial charge in [0.2, 0.25) is 0 Å². The van der Waals surface area contributed by atoms with Crippen molar-refractivity contribution in [1.82, 2.24) is 0 Å². The van der Waals surface area contributed by atoms with Gasteiger partial charge < -0.3 is 19.7 Å². The van der Waals surface area contributed by atoms with Gasteiger partial charge in [-0.3, -0.25) is 9.59 Å². The van der Waals surface area contributed by atoms with E-state index in [1.807, 2.05) is 6.08 Å². The Balaban J connectivity index is 1.55. The third kappa shape index (κ3) is 2.65. The molecule has 1 aliphatic heterocycles. The lowest BCUT2D eigenvalue weighted by Crippen LogP contribution is -2.63. The average Bonchev–Trinajstić information content (AvgIpc) is 3.20. The maximum atomic E-state index is 13.2. The second-order valence-corrected chi connectivity index (χ2v) is 10.7. The molecule has 0 aromatic heterocycles. The molecule has 6 nitrogen and oxygen atoms in total. The summed E-state index contributed by atoms with van der Waals surface area (Å²) in [5, 5.41) is 21.4. The Hall–Kier alpha value is -1.34. The van der Waals surface area contributed by atoms with Gasteiger partial charge in [-0.25, -0.2) is 0 Å². The van der Waals surface area contributed by atoms with Crippen molar-refractivity contribution in [3.63, 3.8) is 0 Å². The molecule has 1 heterocycles. The van der Waals surface area contributed by atoms with Crippen molar-refractivity contribution >= 4 is 11.6 Å². The van der Waals surface area contributed by atoms with E-state index in [1.54, 1.807) is 12.2 Å². The fourth-order valence-electron chi connectivity index (χ4n) is 8.12. The van der Waals surface area contributed by atoms with E-state index in [1.165, 1.54) is 0 Å². The molecule has 0 spiro atoms. The van der Waals surface area contributed by atoms with Crippen LogP contribution < -0.4 is 0 Å². The first kappa shape index (κ1) is 21.5. The summed E-state index contributed by atoms with van der Waals surface area (Å²) in [7, 11) is 0. The minimum Gasteiger partial charge on any atom is -0.393 e. The van der Waals surface area contributed by atoms with Crippen LogP contribution in [0.15, 0.2) is 23.8 Å². The monoisotopic (exact) mass is 430 g/mol. The summed E-state index contributed by atoms with van der Waals surface area (Å²) in [6.07, 6.45) is 8.31. The highest BCUT2D eigenvalue weighted by Gasteiger charge is 2.75. The van der Waals surface area contributed by atoms with Crippen LogP contribution >= 0.6 is 0 Å². The number of rotatable bonds is 4. The molecule has 170 valence electrons. The number of aliphatic hydroxyl groups excluding tert-OH is 2. The molecule has 5 aliphatic rings. The Morgan fingerprint density at radius 1 is 1.32 bits per heavy atom. The van der Waals surface area contributed by atoms with Crippen LogP contribution in [0.3, 0.4) is 0 Å². The Bertz CT molecular complexity index is 862. The van der Waals surface area contributed by atoms with Gasteiger partial charge in [-0.2, -0.15) is 0 Å². The fraction of sp³-hybridized carbons (Fsp3) is 0.760. The van der Waals surface area contributed by atoms with E-state index < -0.39 is 36.1 Å². The van der Waals surface area contributed by atoms with Crippen molar-refractivity contribution < 1.29 is 29.3 Å². The zero-order valence-corrected chi connectivity index (χ0v) is 18.7. The number of fused-ring (bicyclic) bond motifs is 7. The molecular weight excluding hydrogens is 396 g/mol. The van der Waals surface area contributed by atoms with Crippen LogP contribution in [0.4, 0.5) is 0 Å². The molecule has 4 aliphatic carbocycles. The lowest BCUT2D eigenvalue weighted by molar-refractivity contribution is -0.200. The lowest BCUT2D eigenvalue weighted by Gasteiger charge is -2.59. The molecule has 3 saturated carbocycles. The molecule has 1 saturated heterocycles. The van der Waals surface area contributed by atoms with E-state index in [2.05, 4.69) is 20.8 Å². The van der Waals surface area contributed by atoms with Crippen LogP contribution in [0.2, 0.25) is 0 Å². The van der Waals surface area contributed by atoms with Gasteiger partial charge in [0.25, 0.3) is 0 Å². The van der Waals surface area contributed by atoms with Gasteiger partial charge in [0.15, 0.2) is 23.5 Å². The first-order chi connectivity index (χ1) is 14.7. The van der Waals surface area contributed by atoms with Crippen molar-refractivity contribution in [2.75, 3.05) is 6.61 Å². The smallest absolute Gasteiger partial charge is 0.193 e. The van der Waals surface area contributed by atoms with E-state index >= 15 is 0 Å². The zero-order chi connectivity index (χ0) is 22.2. The molecule has 0 amide bonds. The predicted octanol–water partition coefficient (Wildman–Crippen LogP) is 2.72. The van der Waals surface area contributed by atoms with Crippen molar-refractivity contribution in [3.05, 3.63) is 23.8 Å². The third-order valence-corrected chi connectivity index (χ3v) is 9.37. The second-order valence-electron chi connectivity index (χ2n) is 10.7. The first-order valence-electron chi connectivity index (χ1n) is 11.8. The van der Waals surface area contributed by atoms with Gasteiger partial charge in [-0.05, 0) is 56.1 Å². The van der Waals surface area contributed by atoms with Crippen LogP contribution in [-0.2, 0) is 19.1 Å². The molecule has 0 aromatic carbocycles. The van der Waals surface area contributed by atoms with Crippen LogP contribution in [-0.4, -0.2) is 52.5 Å². The number of aliphatic hydroxyl groups is 2. The minimum atomic E-state index is -1.20. The lowest BCUT2D eigenvalue weighted by atomic mass is 9.46. The quantitative estimate of drug-likeness (QED) is 0.712. The SMILES string of the molecule is CCC[C@@H]1O[C@@H]2C[C@@H]3[C@H]4CCC5=CC(=O)C=C[C@]5(C)[C@@H]4[C@@H](O)C[C@]3(C)[C@@]2(C(=O)CO)O1. The number of hydrogen-bond acceptors (Lipinski definition) is 6. The number of carbonyl (C=O) groups is 2. The Labute approximate surface area is 183 Å². The summed E-state index contributed by atoms with van der Waals surface area (Å²) in [5.41, 5.74) is -1.05. The van der Waals surface area contributed by atoms with Gasteiger partial charge in [0, 0.05) is 16.7 Å². The molecule has 5 rings (SSSR count). The van der Waals surface area contributed by atoms with E-state index in [0.29, 0.717) is 19.3 Å². The molecule has 0 unspecified atom stereocenters. The number of ketones is 2. The third-order valence-electron chi connectivity index (χ3n) is 9.37. The standard InChI is InChI=1S/C25H34O6/c1-4-5-21-30-20-11-17-16-7-6-14-10-15(27)8-9-23(14,2)22(16)18(28)12-24(17,3)25(20,31-21)19(29)13-26/h8-10,16-18,20-22,26,28H,4-7,11-13H2,1-3H3/t16-,17-,18+,20-,21-,22+,23+,24+,25+/m1/s1. The predicted molar refractivity (Wildman–Crippen MR) is 113 cm³/mol. The van der Waals surface area contributed by atoms with Crippen LogP contribution in [0.5, 0.6) is 0 Å². The Morgan fingerprint density at radius 2 is 2.10 bits per heavy atom. The molecule has 0 bridgehead atoms. The van der Waals surface area contributed by atoms with Crippen molar-refractivity contribution in [1.29, 1.82) is 0 Å². The van der Waals surface area contributed by atoms with Crippen molar-refractivity contribution in [2.24, 2.45) is 28.6 Å². The highest BCUT2D eigenvalue weighted by molar-refractivity contribution is 6.01. The number of Topliss-reactive ketones (excluding diaryl/α,β-unsaturated/α-hetero) is 1. The van der Waals surface area contributed by atoms with Gasteiger partial charge in [-0.1, -0.05) is 38.8 Å². The average molecular weight is 431 g/mol. The van der Waals surface area contributed by atoms with Crippen molar-refractivity contribution in [2.45, 2.75) is 83.4 Å². The fourth-order valence-corrected chi connectivity index (χ4v) is 8.12. The van der Waals surface area contributed by atoms with Crippen LogP contribution in [0.1, 0.15) is 59.3 Å². The molecule has 4 fully saturated rings. The molecule has 2 N–H and O–H groups in total. The highest BCUT2D eigenvalue weighted by atomic mass is 16.7. The maximum absolute atomic E-state index is 13.2. The second kappa shape index (κ2) is 7.08. The van der Waals surface area contributed by atoms with Crippen molar-refractivity contribution in [3.8, 4) is 0 Å². The molecule has 0 radical (unpaired) electrons. The topological polar surface area (TPSA) is 93.1 Å². The van der Waals surface area contributed by atoms with Crippen LogP contribution in [0, 0.1) is 28.6 Å². The van der Waals surface area contributed by atoms with Gasteiger partial charge in [0.1, 0.15) is 6.61 Å². The minimum absolute atomic E-state index is 0.0125. The zero-order valence-electron chi connectivity index (χ0n) is 18.7. The summed E-state index contributed by atoms with van der Waals surface area (Å²) >= 11 is 0. The highest BCUT2D eigenvalue weighted by Crippen LogP contribution is 2.69. The van der Waals surface area contributed by atoms with Gasteiger partial charge in [0.05, 0.1) is 12.2 Å². The molecule has 31 heavy (non-hydrogen) atoms. The van der Waals surface area contributed by atoms with E-state index in [-0.39, 0.29) is 34.7 Å². The molecule has 9 atom stereocenters. The summed E-state index contributed by atoms with van der Waals surface area (Å²) < 4.78 is 12.7. The molecule has 0 aromatic rings. The van der Waals surface area contributed by atoms with Gasteiger partial charge >= 0.3 is 0 Å². The normalized spacial score (nSPS) is 50.4. The summed E-state index contributed by atoms with van der Waals surface area (Å²) in [5.74, 6) is 0.0274. The summed E-state index contributed by atoms with van der Waals surface area (Å²) in [4.78, 5) is 25.2. The molecule has 6 heteroatoms. The maximum Gasteiger partial charge on any atom is 0.193 e. The van der Waals surface area contributed by atoms with Gasteiger partial charge in [-0.15, -0.1) is 0 Å². The van der Waals surface area contributed by atoms with Crippen LogP contribution in [0.25, 0.3) is 0 Å². The Kier molecular flexibility index (Phi) is 4.91. The first-order valence-corrected chi connectivity index (χ1v) is 11.8. The molecular formula is C25H34O6. The summed E-state index contributed by atoms with van der Waals surface area (Å²) in [6, 6.07) is 0. The largest absolute Gasteiger partial charge is 0.393 e. The van der Waals surface area contributed by atoms with E-state index in [4.69, 9.17) is 9.47 Å². The number of allylic oxidation sites excluding steroid dienone is 4. The number of carbonyl (C=O) groups excluding carboxylic acids is 2. The van der Waals surface area contributed by atoms with E-state index in [0.717, 1.165) is 24.8 Å². The van der Waals surface area contributed by atoms with E-state index in [9.17, 15) is 19.8 Å².